The third kappa shape index (κ3) is 6.51. The van der Waals surface area contributed by atoms with Crippen LogP contribution in [0.25, 0.3) is 0 Å². The number of hydrogen-bond acceptors (Lipinski definition) is 6. The van der Waals surface area contributed by atoms with E-state index in [9.17, 15) is 17.6 Å². The number of nitrogens with zero attached hydrogens (tertiary/aromatic N) is 3. The van der Waals surface area contributed by atoms with Crippen molar-refractivity contribution < 1.29 is 22.3 Å². The summed E-state index contributed by atoms with van der Waals surface area (Å²) in [5.74, 6) is -0.0854. The maximum Gasteiger partial charge on any atom is 0.243 e. The van der Waals surface area contributed by atoms with Crippen LogP contribution in [0.3, 0.4) is 0 Å². The van der Waals surface area contributed by atoms with Gasteiger partial charge in [-0.3, -0.25) is 4.79 Å². The van der Waals surface area contributed by atoms with Crippen LogP contribution >= 0.6 is 11.3 Å². The lowest BCUT2D eigenvalue weighted by Crippen LogP contribution is -2.49. The van der Waals surface area contributed by atoms with E-state index in [1.165, 1.54) is 21.3 Å². The molecule has 3 heterocycles. The van der Waals surface area contributed by atoms with E-state index in [1.54, 1.807) is 52.6 Å². The number of hydrogen-bond donors (Lipinski definition) is 0. The maximum absolute atomic E-state index is 13.8. The predicted molar refractivity (Wildman–Crippen MR) is 150 cm³/mol. The van der Waals surface area contributed by atoms with Crippen molar-refractivity contribution in [2.45, 2.75) is 37.1 Å². The molecule has 10 heteroatoms. The summed E-state index contributed by atoms with van der Waals surface area (Å²) < 4.78 is 48.1. The number of aryl methyl sites for hydroxylation is 1. The maximum atomic E-state index is 13.8. The Morgan fingerprint density at radius 1 is 1.05 bits per heavy atom. The standard InChI is InChI=1S/C29H34FN3O4S2/c1-22-4-10-25(11-5-22)39(35,36)32(18-17-31-14-2-3-15-31)20-29(34)33-16-12-28-26(13-19-38-28)27(33)21-37-24-8-6-23(30)7-9-24/h4-11,13,19,27H,2-3,12,14-18,20-21H2,1H3/t27-/m0/s1. The quantitative estimate of drug-likeness (QED) is 0.359. The Labute approximate surface area is 233 Å². The molecule has 2 aliphatic heterocycles. The molecule has 0 N–H and O–H groups in total. The average Bonchev–Trinajstić information content (AvgIpc) is 3.63. The van der Waals surface area contributed by atoms with E-state index in [0.717, 1.165) is 37.1 Å². The largest absolute Gasteiger partial charge is 0.491 e. The molecular weight excluding hydrogens is 537 g/mol. The molecule has 0 spiro atoms. The highest BCUT2D eigenvalue weighted by Crippen LogP contribution is 2.34. The zero-order chi connectivity index (χ0) is 27.4. The highest BCUT2D eigenvalue weighted by atomic mass is 32.2. The zero-order valence-corrected chi connectivity index (χ0v) is 23.7. The third-order valence-corrected chi connectivity index (χ3v) is 10.3. The molecule has 1 fully saturated rings. The number of ether oxygens (including phenoxy) is 1. The van der Waals surface area contributed by atoms with Crippen molar-refractivity contribution in [3.8, 4) is 5.75 Å². The predicted octanol–water partition coefficient (Wildman–Crippen LogP) is 4.49. The highest BCUT2D eigenvalue weighted by Gasteiger charge is 2.35. The SMILES string of the molecule is Cc1ccc(S(=O)(=O)N(CCN2CCCC2)CC(=O)N2CCc3sccc3[C@@H]2COc2ccc(F)cc2)cc1. The summed E-state index contributed by atoms with van der Waals surface area (Å²) in [5.41, 5.74) is 1.99. The summed E-state index contributed by atoms with van der Waals surface area (Å²) in [6.45, 7) is 5.07. The van der Waals surface area contributed by atoms with E-state index < -0.39 is 10.0 Å². The number of carbonyl (C=O) groups is 1. The number of amides is 1. The fourth-order valence-corrected chi connectivity index (χ4v) is 7.53. The summed E-state index contributed by atoms with van der Waals surface area (Å²) in [7, 11) is -3.88. The number of rotatable bonds is 10. The second kappa shape index (κ2) is 12.2. The number of fused-ring (bicyclic) bond motifs is 1. The van der Waals surface area contributed by atoms with E-state index in [4.69, 9.17) is 4.74 Å². The van der Waals surface area contributed by atoms with Gasteiger partial charge in [0.25, 0.3) is 0 Å². The van der Waals surface area contributed by atoms with Gasteiger partial charge in [-0.05, 0) is 92.7 Å². The van der Waals surface area contributed by atoms with Crippen molar-refractivity contribution in [2.24, 2.45) is 0 Å². The monoisotopic (exact) mass is 571 g/mol. The van der Waals surface area contributed by atoms with Gasteiger partial charge >= 0.3 is 0 Å². The first-order chi connectivity index (χ1) is 18.8. The molecule has 0 unspecified atom stereocenters. The Balaban J connectivity index is 1.36. The number of thiophene rings is 1. The fourth-order valence-electron chi connectivity index (χ4n) is 5.22. The smallest absolute Gasteiger partial charge is 0.243 e. The molecule has 5 rings (SSSR count). The molecule has 1 saturated heterocycles. The molecule has 1 aromatic heterocycles. The van der Waals surface area contributed by atoms with Crippen molar-refractivity contribution in [1.29, 1.82) is 0 Å². The first-order valence-electron chi connectivity index (χ1n) is 13.3. The van der Waals surface area contributed by atoms with Crippen molar-refractivity contribution in [3.63, 3.8) is 0 Å². The van der Waals surface area contributed by atoms with E-state index in [1.807, 2.05) is 18.4 Å². The van der Waals surface area contributed by atoms with Crippen molar-refractivity contribution in [2.75, 3.05) is 45.9 Å². The molecule has 2 aliphatic rings. The average molecular weight is 572 g/mol. The second-order valence-electron chi connectivity index (χ2n) is 10.1. The van der Waals surface area contributed by atoms with Crippen LogP contribution in [0.1, 0.15) is 34.9 Å². The Morgan fingerprint density at radius 3 is 2.49 bits per heavy atom. The molecule has 2 aromatic carbocycles. The van der Waals surface area contributed by atoms with E-state index in [2.05, 4.69) is 4.90 Å². The Morgan fingerprint density at radius 2 is 1.77 bits per heavy atom. The molecular formula is C29H34FN3O4S2. The van der Waals surface area contributed by atoms with Crippen LogP contribution in [-0.2, 0) is 21.2 Å². The minimum Gasteiger partial charge on any atom is -0.491 e. The highest BCUT2D eigenvalue weighted by molar-refractivity contribution is 7.89. The lowest BCUT2D eigenvalue weighted by atomic mass is 10.0. The van der Waals surface area contributed by atoms with E-state index in [-0.39, 0.29) is 42.4 Å². The van der Waals surface area contributed by atoms with Crippen molar-refractivity contribution >= 4 is 27.3 Å². The molecule has 0 aliphatic carbocycles. The van der Waals surface area contributed by atoms with Crippen LogP contribution in [0.4, 0.5) is 4.39 Å². The van der Waals surface area contributed by atoms with Gasteiger partial charge in [0.2, 0.25) is 15.9 Å². The Hall–Kier alpha value is -2.79. The van der Waals surface area contributed by atoms with E-state index >= 15 is 0 Å². The summed E-state index contributed by atoms with van der Waals surface area (Å²) in [4.78, 5) is 19.2. The first kappa shape index (κ1) is 27.8. The van der Waals surface area contributed by atoms with Gasteiger partial charge in [-0.15, -0.1) is 11.3 Å². The first-order valence-corrected chi connectivity index (χ1v) is 15.7. The second-order valence-corrected chi connectivity index (χ2v) is 13.1. The molecule has 0 saturated carbocycles. The minimum absolute atomic E-state index is 0.192. The molecule has 208 valence electrons. The Kier molecular flexibility index (Phi) is 8.66. The summed E-state index contributed by atoms with van der Waals surface area (Å²) in [5, 5.41) is 2.01. The van der Waals surface area contributed by atoms with Crippen molar-refractivity contribution in [1.82, 2.24) is 14.1 Å². The fraction of sp³-hybridized carbons (Fsp3) is 0.414. The normalized spacial score (nSPS) is 17.9. The van der Waals surface area contributed by atoms with Crippen LogP contribution in [-0.4, -0.2) is 74.3 Å². The number of benzene rings is 2. The van der Waals surface area contributed by atoms with Gasteiger partial charge in [0.1, 0.15) is 18.2 Å². The van der Waals surface area contributed by atoms with Crippen LogP contribution in [0, 0.1) is 12.7 Å². The van der Waals surface area contributed by atoms with Crippen molar-refractivity contribution in [3.05, 3.63) is 81.8 Å². The van der Waals surface area contributed by atoms with Crippen LogP contribution in [0.2, 0.25) is 0 Å². The van der Waals surface area contributed by atoms with Gasteiger partial charge in [-0.25, -0.2) is 12.8 Å². The number of likely N-dealkylation sites (tertiary alicyclic amines) is 1. The lowest BCUT2D eigenvalue weighted by Gasteiger charge is -2.37. The minimum atomic E-state index is -3.88. The molecule has 39 heavy (non-hydrogen) atoms. The molecule has 7 nitrogen and oxygen atoms in total. The molecule has 0 radical (unpaired) electrons. The van der Waals surface area contributed by atoms with Gasteiger partial charge in [0, 0.05) is 24.5 Å². The van der Waals surface area contributed by atoms with Crippen LogP contribution in [0.15, 0.2) is 64.9 Å². The van der Waals surface area contributed by atoms with Gasteiger partial charge in [0.05, 0.1) is 17.5 Å². The van der Waals surface area contributed by atoms with Crippen LogP contribution < -0.4 is 4.74 Å². The number of sulfonamides is 1. The molecule has 1 amide bonds. The molecule has 0 bridgehead atoms. The van der Waals surface area contributed by atoms with Crippen LogP contribution in [0.5, 0.6) is 5.75 Å². The van der Waals surface area contributed by atoms with Gasteiger partial charge < -0.3 is 14.5 Å². The van der Waals surface area contributed by atoms with Gasteiger partial charge in [-0.2, -0.15) is 4.31 Å². The topological polar surface area (TPSA) is 70.2 Å². The summed E-state index contributed by atoms with van der Waals surface area (Å²) in [6.07, 6.45) is 2.93. The zero-order valence-electron chi connectivity index (χ0n) is 22.1. The summed E-state index contributed by atoms with van der Waals surface area (Å²) in [6, 6.07) is 14.2. The van der Waals surface area contributed by atoms with Gasteiger partial charge in [0.15, 0.2) is 0 Å². The third-order valence-electron chi connectivity index (χ3n) is 7.47. The lowest BCUT2D eigenvalue weighted by molar-refractivity contribution is -0.135. The molecule has 3 aromatic rings. The van der Waals surface area contributed by atoms with E-state index in [0.29, 0.717) is 25.3 Å². The molecule has 1 atom stereocenters. The Bertz CT molecular complexity index is 1370. The number of halogens is 1. The van der Waals surface area contributed by atoms with Gasteiger partial charge in [-0.1, -0.05) is 17.7 Å². The summed E-state index contributed by atoms with van der Waals surface area (Å²) >= 11 is 1.65. The number of carbonyl (C=O) groups excluding carboxylic acids is 1.